The third-order valence-electron chi connectivity index (χ3n) is 5.26. The monoisotopic (exact) mass is 502 g/mol. The number of anilines is 1. The molecule has 0 saturated heterocycles. The van der Waals surface area contributed by atoms with Gasteiger partial charge >= 0.3 is 0 Å². The zero-order valence-corrected chi connectivity index (χ0v) is 19.5. The van der Waals surface area contributed by atoms with Crippen LogP contribution in [-0.4, -0.2) is 53.5 Å². The third kappa shape index (κ3) is 4.47. The normalized spacial score (nSPS) is 13.4. The van der Waals surface area contributed by atoms with Gasteiger partial charge in [0.05, 0.1) is 16.6 Å². The molecule has 0 unspecified atom stereocenters. The molecule has 0 spiro atoms. The van der Waals surface area contributed by atoms with Crippen molar-refractivity contribution in [2.45, 2.75) is 25.0 Å². The standard InChI is InChI=1S/C20H19ClN8O4S/c1-11(15-6-5-14(21)9-23-15)12(2)34(32,33)28-20-27-26-17(13-4-3-7-22-8-13)29(20)16-18(30)24-10-25-19(16)31/h3-12H,1-2H3,(H,27,28)(H2,24,25,30,31)/t11-,12-/m0/s1. The first-order chi connectivity index (χ1) is 16.2. The Morgan fingerprint density at radius 3 is 2.59 bits per heavy atom. The summed E-state index contributed by atoms with van der Waals surface area (Å²) in [4.78, 5) is 26.8. The number of aromatic nitrogens is 7. The Kier molecular flexibility index (Phi) is 6.30. The van der Waals surface area contributed by atoms with E-state index in [0.29, 0.717) is 16.3 Å². The highest BCUT2D eigenvalue weighted by Gasteiger charge is 2.31. The first-order valence-corrected chi connectivity index (χ1v) is 11.9. The minimum absolute atomic E-state index is 0.0691. The van der Waals surface area contributed by atoms with E-state index in [4.69, 9.17) is 11.6 Å². The van der Waals surface area contributed by atoms with Crippen LogP contribution in [0.15, 0.2) is 54.0 Å². The number of hydrogen-bond acceptors (Lipinski definition) is 9. The Morgan fingerprint density at radius 2 is 1.94 bits per heavy atom. The maximum atomic E-state index is 13.3. The number of rotatable bonds is 7. The van der Waals surface area contributed by atoms with Crippen LogP contribution in [0.3, 0.4) is 0 Å². The lowest BCUT2D eigenvalue weighted by Gasteiger charge is -2.21. The van der Waals surface area contributed by atoms with Gasteiger partial charge in [-0.2, -0.15) is 0 Å². The summed E-state index contributed by atoms with van der Waals surface area (Å²) in [5.74, 6) is -1.39. The number of hydrogen-bond donors (Lipinski definition) is 3. The summed E-state index contributed by atoms with van der Waals surface area (Å²) < 4.78 is 30.0. The lowest BCUT2D eigenvalue weighted by atomic mass is 10.0. The fraction of sp³-hybridized carbons (Fsp3) is 0.200. The number of aromatic hydroxyl groups is 1. The van der Waals surface area contributed by atoms with Crippen LogP contribution < -0.4 is 10.3 Å². The summed E-state index contributed by atoms with van der Waals surface area (Å²) in [5.41, 5.74) is -0.134. The van der Waals surface area contributed by atoms with Gasteiger partial charge in [-0.05, 0) is 31.2 Å². The summed E-state index contributed by atoms with van der Waals surface area (Å²) in [6, 6.07) is 6.55. The molecule has 0 saturated carbocycles. The quantitative estimate of drug-likeness (QED) is 0.342. The van der Waals surface area contributed by atoms with Gasteiger partial charge in [-0.1, -0.05) is 18.5 Å². The van der Waals surface area contributed by atoms with Gasteiger partial charge in [-0.3, -0.25) is 24.1 Å². The van der Waals surface area contributed by atoms with Crippen LogP contribution >= 0.6 is 11.6 Å². The Balaban J connectivity index is 1.78. The molecule has 12 nitrogen and oxygen atoms in total. The van der Waals surface area contributed by atoms with Crippen LogP contribution in [0.25, 0.3) is 17.1 Å². The number of nitrogens with zero attached hydrogens (tertiary/aromatic N) is 6. The number of sulfonamides is 1. The zero-order chi connectivity index (χ0) is 24.5. The molecule has 0 bridgehead atoms. The molecule has 0 aromatic carbocycles. The number of H-pyrrole nitrogens is 1. The molecular weight excluding hydrogens is 484 g/mol. The first kappa shape index (κ1) is 23.3. The maximum Gasteiger partial charge on any atom is 0.279 e. The molecule has 0 aliphatic carbocycles. The van der Waals surface area contributed by atoms with Crippen molar-refractivity contribution in [3.05, 3.63) is 70.3 Å². The van der Waals surface area contributed by atoms with Crippen LogP contribution in [0.4, 0.5) is 5.95 Å². The van der Waals surface area contributed by atoms with Crippen LogP contribution in [0.1, 0.15) is 25.5 Å². The highest BCUT2D eigenvalue weighted by Crippen LogP contribution is 2.29. The van der Waals surface area contributed by atoms with Crippen molar-refractivity contribution >= 4 is 27.6 Å². The minimum atomic E-state index is -4.07. The molecule has 3 N–H and O–H groups in total. The van der Waals surface area contributed by atoms with Crippen LogP contribution in [-0.2, 0) is 10.0 Å². The number of halogens is 1. The number of aromatic amines is 1. The van der Waals surface area contributed by atoms with Gasteiger partial charge in [-0.15, -0.1) is 10.2 Å². The van der Waals surface area contributed by atoms with E-state index in [1.54, 1.807) is 31.2 Å². The molecule has 4 rings (SSSR count). The molecule has 0 fully saturated rings. The van der Waals surface area contributed by atoms with Gasteiger partial charge in [0.25, 0.3) is 5.56 Å². The van der Waals surface area contributed by atoms with Crippen LogP contribution in [0.2, 0.25) is 5.02 Å². The second-order valence-corrected chi connectivity index (χ2v) is 9.84. The summed E-state index contributed by atoms with van der Waals surface area (Å²) in [6.07, 6.45) is 5.45. The second-order valence-electron chi connectivity index (χ2n) is 7.37. The molecule has 4 heterocycles. The fourth-order valence-electron chi connectivity index (χ4n) is 3.21. The van der Waals surface area contributed by atoms with Gasteiger partial charge in [-0.25, -0.2) is 13.4 Å². The number of pyridine rings is 2. The predicted molar refractivity (Wildman–Crippen MR) is 124 cm³/mol. The van der Waals surface area contributed by atoms with Gasteiger partial charge in [0.15, 0.2) is 11.5 Å². The van der Waals surface area contributed by atoms with E-state index in [1.807, 2.05) is 0 Å². The lowest BCUT2D eigenvalue weighted by molar-refractivity contribution is 0.448. The first-order valence-electron chi connectivity index (χ1n) is 9.95. The van der Waals surface area contributed by atoms with Crippen molar-refractivity contribution in [3.63, 3.8) is 0 Å². The van der Waals surface area contributed by atoms with E-state index in [-0.39, 0.29) is 17.5 Å². The zero-order valence-electron chi connectivity index (χ0n) is 17.9. The predicted octanol–water partition coefficient (Wildman–Crippen LogP) is 2.10. The van der Waals surface area contributed by atoms with E-state index in [9.17, 15) is 18.3 Å². The molecule has 4 aromatic rings. The smallest absolute Gasteiger partial charge is 0.279 e. The topological polar surface area (TPSA) is 169 Å². The molecule has 4 aromatic heterocycles. The molecule has 34 heavy (non-hydrogen) atoms. The molecule has 176 valence electrons. The van der Waals surface area contributed by atoms with Crippen LogP contribution in [0.5, 0.6) is 5.88 Å². The summed E-state index contributed by atoms with van der Waals surface area (Å²) >= 11 is 5.88. The fourth-order valence-corrected chi connectivity index (χ4v) is 4.58. The molecule has 0 aliphatic heterocycles. The average Bonchev–Trinajstić information content (AvgIpc) is 3.21. The number of nitrogens with one attached hydrogen (secondary N) is 2. The highest BCUT2D eigenvalue weighted by atomic mass is 35.5. The largest absolute Gasteiger partial charge is 0.492 e. The average molecular weight is 503 g/mol. The van der Waals surface area contributed by atoms with Crippen molar-refractivity contribution in [3.8, 4) is 23.0 Å². The van der Waals surface area contributed by atoms with E-state index >= 15 is 0 Å². The molecule has 0 radical (unpaired) electrons. The van der Waals surface area contributed by atoms with Crippen molar-refractivity contribution in [1.29, 1.82) is 0 Å². The third-order valence-corrected chi connectivity index (χ3v) is 7.34. The summed E-state index contributed by atoms with van der Waals surface area (Å²) in [5, 5.41) is 17.7. The molecule has 2 atom stereocenters. The molecule has 0 aliphatic rings. The SMILES string of the molecule is C[C@H](c1ccc(Cl)cn1)[C@H](C)S(=O)(=O)Nc1nnc(-c2cccnc2)n1-c1c(O)nc[nH]c1=O. The van der Waals surface area contributed by atoms with Gasteiger partial charge < -0.3 is 10.1 Å². The van der Waals surface area contributed by atoms with E-state index < -0.39 is 32.6 Å². The second kappa shape index (κ2) is 9.19. The lowest BCUT2D eigenvalue weighted by Crippen LogP contribution is -2.31. The molecule has 0 amide bonds. The highest BCUT2D eigenvalue weighted by molar-refractivity contribution is 7.93. The van der Waals surface area contributed by atoms with Crippen molar-refractivity contribution in [2.24, 2.45) is 0 Å². The van der Waals surface area contributed by atoms with Gasteiger partial charge in [0.2, 0.25) is 21.9 Å². The van der Waals surface area contributed by atoms with E-state index in [0.717, 1.165) is 10.9 Å². The Hall–Kier alpha value is -3.84. The maximum absolute atomic E-state index is 13.3. The van der Waals surface area contributed by atoms with Crippen molar-refractivity contribution in [1.82, 2.24) is 34.7 Å². The Bertz CT molecular complexity index is 1470. The van der Waals surface area contributed by atoms with Crippen molar-refractivity contribution < 1.29 is 13.5 Å². The molecule has 14 heteroatoms. The molecular formula is C20H19ClN8O4S. The van der Waals surface area contributed by atoms with Crippen molar-refractivity contribution in [2.75, 3.05) is 4.72 Å². The summed E-state index contributed by atoms with van der Waals surface area (Å²) in [7, 11) is -4.07. The summed E-state index contributed by atoms with van der Waals surface area (Å²) in [6.45, 7) is 3.23. The van der Waals surface area contributed by atoms with E-state index in [1.165, 1.54) is 25.5 Å². The van der Waals surface area contributed by atoms with Crippen LogP contribution in [0, 0.1) is 0 Å². The van der Waals surface area contributed by atoms with E-state index in [2.05, 4.69) is 34.9 Å². The van der Waals surface area contributed by atoms with Gasteiger partial charge in [0, 0.05) is 35.8 Å². The Morgan fingerprint density at radius 1 is 1.15 bits per heavy atom. The Labute approximate surface area is 198 Å². The van der Waals surface area contributed by atoms with Gasteiger partial charge in [0.1, 0.15) is 0 Å². The minimum Gasteiger partial charge on any atom is -0.492 e.